The molecule has 0 aliphatic rings. The SMILES string of the molecule is CNC(=O)c1ccc(CN(Cc2ccc(SC)cc2)Cc2ccco2)cc1. The number of thioether (sulfide) groups is 1. The molecule has 4 nitrogen and oxygen atoms in total. The van der Waals surface area contributed by atoms with Gasteiger partial charge in [0.1, 0.15) is 5.76 Å². The Balaban J connectivity index is 1.73. The van der Waals surface area contributed by atoms with E-state index in [0.29, 0.717) is 5.56 Å². The van der Waals surface area contributed by atoms with Crippen molar-refractivity contribution in [3.8, 4) is 0 Å². The van der Waals surface area contributed by atoms with E-state index >= 15 is 0 Å². The summed E-state index contributed by atoms with van der Waals surface area (Å²) in [7, 11) is 1.64. The first-order chi connectivity index (χ1) is 13.2. The molecular weight excluding hydrogens is 356 g/mol. The van der Waals surface area contributed by atoms with Crippen LogP contribution in [0.1, 0.15) is 27.2 Å². The van der Waals surface area contributed by atoms with Crippen molar-refractivity contribution in [2.45, 2.75) is 24.5 Å². The number of carbonyl (C=O) groups is 1. The van der Waals surface area contributed by atoms with Crippen molar-refractivity contribution in [1.29, 1.82) is 0 Å². The first kappa shape index (κ1) is 19.3. The molecule has 0 bridgehead atoms. The molecule has 1 amide bonds. The molecule has 3 rings (SSSR count). The lowest BCUT2D eigenvalue weighted by atomic mass is 10.1. The third-order valence-corrected chi connectivity index (χ3v) is 5.12. The molecule has 0 unspecified atom stereocenters. The molecule has 0 saturated carbocycles. The average Bonchev–Trinajstić information content (AvgIpc) is 3.21. The molecule has 0 atom stereocenters. The normalized spacial score (nSPS) is 10.9. The van der Waals surface area contributed by atoms with Crippen LogP contribution in [0, 0.1) is 0 Å². The highest BCUT2D eigenvalue weighted by Gasteiger charge is 2.11. The van der Waals surface area contributed by atoms with Gasteiger partial charge in [0.15, 0.2) is 0 Å². The van der Waals surface area contributed by atoms with Gasteiger partial charge in [-0.25, -0.2) is 0 Å². The smallest absolute Gasteiger partial charge is 0.251 e. The van der Waals surface area contributed by atoms with E-state index in [1.807, 2.05) is 36.4 Å². The minimum Gasteiger partial charge on any atom is -0.468 e. The maximum atomic E-state index is 11.7. The lowest BCUT2D eigenvalue weighted by Gasteiger charge is -2.22. The van der Waals surface area contributed by atoms with E-state index in [2.05, 4.69) is 40.7 Å². The molecule has 0 radical (unpaired) electrons. The third-order valence-electron chi connectivity index (χ3n) is 4.37. The topological polar surface area (TPSA) is 45.5 Å². The number of hydrogen-bond acceptors (Lipinski definition) is 4. The van der Waals surface area contributed by atoms with Gasteiger partial charge in [-0.15, -0.1) is 11.8 Å². The molecule has 5 heteroatoms. The number of furan rings is 1. The Kier molecular flexibility index (Phi) is 6.74. The number of benzene rings is 2. The Labute approximate surface area is 164 Å². The van der Waals surface area contributed by atoms with Crippen LogP contribution in [-0.4, -0.2) is 24.1 Å². The zero-order chi connectivity index (χ0) is 19.1. The Morgan fingerprint density at radius 3 is 2.11 bits per heavy atom. The first-order valence-corrected chi connectivity index (χ1v) is 10.1. The summed E-state index contributed by atoms with van der Waals surface area (Å²) >= 11 is 1.75. The van der Waals surface area contributed by atoms with Crippen LogP contribution in [0.3, 0.4) is 0 Å². The number of nitrogens with one attached hydrogen (secondary N) is 1. The van der Waals surface area contributed by atoms with Gasteiger partial charge in [0.05, 0.1) is 12.8 Å². The molecule has 0 spiro atoms. The van der Waals surface area contributed by atoms with Gasteiger partial charge >= 0.3 is 0 Å². The van der Waals surface area contributed by atoms with Gasteiger partial charge < -0.3 is 9.73 Å². The van der Waals surface area contributed by atoms with Gasteiger partial charge in [0.25, 0.3) is 5.91 Å². The van der Waals surface area contributed by atoms with Crippen LogP contribution in [0.5, 0.6) is 0 Å². The summed E-state index contributed by atoms with van der Waals surface area (Å²) in [5.74, 6) is 0.876. The van der Waals surface area contributed by atoms with Crippen LogP contribution in [0.25, 0.3) is 0 Å². The van der Waals surface area contributed by atoms with Crippen molar-refractivity contribution in [2.24, 2.45) is 0 Å². The molecule has 0 fully saturated rings. The molecule has 2 aromatic carbocycles. The second-order valence-corrected chi connectivity index (χ2v) is 7.23. The summed E-state index contributed by atoms with van der Waals surface area (Å²) in [5.41, 5.74) is 3.10. The van der Waals surface area contributed by atoms with Crippen molar-refractivity contribution >= 4 is 17.7 Å². The lowest BCUT2D eigenvalue weighted by Crippen LogP contribution is -2.22. The molecular formula is C22H24N2O2S. The van der Waals surface area contributed by atoms with Crippen molar-refractivity contribution in [3.63, 3.8) is 0 Å². The highest BCUT2D eigenvalue weighted by molar-refractivity contribution is 7.98. The van der Waals surface area contributed by atoms with Crippen LogP contribution in [0.15, 0.2) is 76.2 Å². The Bertz CT molecular complexity index is 843. The molecule has 0 saturated heterocycles. The van der Waals surface area contributed by atoms with Gasteiger partial charge in [-0.3, -0.25) is 9.69 Å². The van der Waals surface area contributed by atoms with Crippen molar-refractivity contribution in [2.75, 3.05) is 13.3 Å². The Morgan fingerprint density at radius 2 is 1.59 bits per heavy atom. The summed E-state index contributed by atoms with van der Waals surface area (Å²) in [4.78, 5) is 15.3. The summed E-state index contributed by atoms with van der Waals surface area (Å²) in [5, 5.41) is 2.65. The molecule has 0 aliphatic heterocycles. The average molecular weight is 381 g/mol. The van der Waals surface area contributed by atoms with Crippen LogP contribution in [0.4, 0.5) is 0 Å². The minimum atomic E-state index is -0.0668. The fourth-order valence-corrected chi connectivity index (χ4v) is 3.35. The fourth-order valence-electron chi connectivity index (χ4n) is 2.94. The minimum absolute atomic E-state index is 0.0668. The van der Waals surface area contributed by atoms with E-state index in [-0.39, 0.29) is 5.91 Å². The van der Waals surface area contributed by atoms with E-state index in [1.165, 1.54) is 10.5 Å². The number of nitrogens with zero attached hydrogens (tertiary/aromatic N) is 1. The second kappa shape index (κ2) is 9.44. The van der Waals surface area contributed by atoms with Crippen LogP contribution in [0.2, 0.25) is 0 Å². The van der Waals surface area contributed by atoms with Gasteiger partial charge in [0.2, 0.25) is 0 Å². The van der Waals surface area contributed by atoms with E-state index in [1.54, 1.807) is 25.1 Å². The zero-order valence-electron chi connectivity index (χ0n) is 15.6. The van der Waals surface area contributed by atoms with E-state index < -0.39 is 0 Å². The number of carbonyl (C=O) groups excluding carboxylic acids is 1. The molecule has 1 aromatic heterocycles. The van der Waals surface area contributed by atoms with Gasteiger partial charge in [0, 0.05) is 30.6 Å². The molecule has 0 aliphatic carbocycles. The van der Waals surface area contributed by atoms with Gasteiger partial charge in [-0.2, -0.15) is 0 Å². The van der Waals surface area contributed by atoms with Crippen LogP contribution < -0.4 is 5.32 Å². The van der Waals surface area contributed by atoms with Crippen molar-refractivity contribution in [3.05, 3.63) is 89.4 Å². The van der Waals surface area contributed by atoms with Crippen LogP contribution >= 0.6 is 11.8 Å². The van der Waals surface area contributed by atoms with E-state index in [4.69, 9.17) is 4.42 Å². The number of amides is 1. The van der Waals surface area contributed by atoms with Crippen molar-refractivity contribution in [1.82, 2.24) is 10.2 Å². The number of hydrogen-bond donors (Lipinski definition) is 1. The predicted molar refractivity (Wildman–Crippen MR) is 110 cm³/mol. The molecule has 27 heavy (non-hydrogen) atoms. The van der Waals surface area contributed by atoms with Crippen LogP contribution in [-0.2, 0) is 19.6 Å². The largest absolute Gasteiger partial charge is 0.468 e. The highest BCUT2D eigenvalue weighted by Crippen LogP contribution is 2.18. The number of rotatable bonds is 8. The molecule has 1 heterocycles. The summed E-state index contributed by atoms with van der Waals surface area (Å²) in [6, 6.07) is 20.3. The molecule has 140 valence electrons. The maximum absolute atomic E-state index is 11.7. The first-order valence-electron chi connectivity index (χ1n) is 8.86. The fraction of sp³-hybridized carbons (Fsp3) is 0.227. The van der Waals surface area contributed by atoms with E-state index in [9.17, 15) is 4.79 Å². The highest BCUT2D eigenvalue weighted by atomic mass is 32.2. The Morgan fingerprint density at radius 1 is 0.963 bits per heavy atom. The monoisotopic (exact) mass is 380 g/mol. The summed E-state index contributed by atoms with van der Waals surface area (Å²) in [6.45, 7) is 2.33. The van der Waals surface area contributed by atoms with E-state index in [0.717, 1.165) is 31.0 Å². The maximum Gasteiger partial charge on any atom is 0.251 e. The third kappa shape index (κ3) is 5.49. The quantitative estimate of drug-likeness (QED) is 0.582. The standard InChI is InChI=1S/C22H24N2O2S/c1-23-22(25)19-9-5-17(6-10-19)14-24(16-20-4-3-13-26-20)15-18-7-11-21(27-2)12-8-18/h3-13H,14-16H2,1-2H3,(H,23,25). The molecule has 3 aromatic rings. The molecule has 1 N–H and O–H groups in total. The Hall–Kier alpha value is -2.50. The lowest BCUT2D eigenvalue weighted by molar-refractivity contribution is 0.0963. The van der Waals surface area contributed by atoms with Gasteiger partial charge in [-0.05, 0) is 53.8 Å². The zero-order valence-corrected chi connectivity index (χ0v) is 16.5. The van der Waals surface area contributed by atoms with Gasteiger partial charge in [-0.1, -0.05) is 24.3 Å². The van der Waals surface area contributed by atoms with Crippen molar-refractivity contribution < 1.29 is 9.21 Å². The summed E-state index contributed by atoms with van der Waals surface area (Å²) in [6.07, 6.45) is 3.79. The summed E-state index contributed by atoms with van der Waals surface area (Å²) < 4.78 is 5.54. The second-order valence-electron chi connectivity index (χ2n) is 6.35. The predicted octanol–water partition coefficient (Wildman–Crippen LogP) is 4.56.